The number of hydrogen-bond acceptors (Lipinski definition) is 4. The number of hydrogen-bond donors (Lipinski definition) is 3. The highest BCUT2D eigenvalue weighted by Gasteiger charge is 2.36. The highest BCUT2D eigenvalue weighted by Crippen LogP contribution is 2.34. The number of carbonyl (C=O) groups excluding carboxylic acids is 1. The molecule has 0 aromatic heterocycles. The smallest absolute Gasteiger partial charge is 0.237 e. The molecule has 2 aliphatic rings. The van der Waals surface area contributed by atoms with Crippen molar-refractivity contribution in [1.29, 1.82) is 0 Å². The number of rotatable bonds is 4. The van der Waals surface area contributed by atoms with Crippen molar-refractivity contribution in [3.63, 3.8) is 0 Å². The van der Waals surface area contributed by atoms with Crippen molar-refractivity contribution in [1.82, 2.24) is 10.6 Å². The molecule has 0 radical (unpaired) electrons. The maximum atomic E-state index is 12.3. The number of nitrogens with one attached hydrogen (secondary N) is 2. The van der Waals surface area contributed by atoms with Gasteiger partial charge in [-0.15, -0.1) is 0 Å². The number of carbonyl (C=O) groups is 1. The van der Waals surface area contributed by atoms with Gasteiger partial charge in [-0.2, -0.15) is 0 Å². The summed E-state index contributed by atoms with van der Waals surface area (Å²) in [5, 5.41) is 15.7. The van der Waals surface area contributed by atoms with Crippen molar-refractivity contribution in [3.05, 3.63) is 35.9 Å². The highest BCUT2D eigenvalue weighted by atomic mass is 16.5. The van der Waals surface area contributed by atoms with Gasteiger partial charge in [0.25, 0.3) is 0 Å². The first-order valence-corrected chi connectivity index (χ1v) is 8.02. The number of ether oxygens (including phenoxy) is 1. The van der Waals surface area contributed by atoms with Crippen LogP contribution in [0.2, 0.25) is 0 Å². The third kappa shape index (κ3) is 3.32. The number of β-amino-alcohol motifs (C(OH)–C–C–N with tert-alkyl or cyclic N) is 1. The van der Waals surface area contributed by atoms with Gasteiger partial charge in [-0.1, -0.05) is 30.3 Å². The SMILES string of the molecule is O=C(NCC1(c2ccccc2)CCOCC1)[C@H]1C[C@H](O)CN1. The van der Waals surface area contributed by atoms with E-state index in [1.54, 1.807) is 0 Å². The zero-order chi connectivity index (χ0) is 15.4. The molecule has 0 bridgehead atoms. The van der Waals surface area contributed by atoms with Gasteiger partial charge >= 0.3 is 0 Å². The topological polar surface area (TPSA) is 70.6 Å². The number of aliphatic hydroxyl groups is 1. The number of amides is 1. The van der Waals surface area contributed by atoms with Crippen LogP contribution in [0.25, 0.3) is 0 Å². The Bertz CT molecular complexity index is 500. The zero-order valence-electron chi connectivity index (χ0n) is 12.8. The Hall–Kier alpha value is -1.43. The summed E-state index contributed by atoms with van der Waals surface area (Å²) in [6.07, 6.45) is 1.91. The van der Waals surface area contributed by atoms with Crippen LogP contribution in [0, 0.1) is 0 Å². The maximum absolute atomic E-state index is 12.3. The van der Waals surface area contributed by atoms with Crippen molar-refractivity contribution in [2.45, 2.75) is 36.8 Å². The maximum Gasteiger partial charge on any atom is 0.237 e. The molecule has 3 rings (SSSR count). The molecule has 5 heteroatoms. The molecule has 3 N–H and O–H groups in total. The van der Waals surface area contributed by atoms with Crippen molar-refractivity contribution in [2.24, 2.45) is 0 Å². The summed E-state index contributed by atoms with van der Waals surface area (Å²) in [7, 11) is 0. The normalized spacial score (nSPS) is 27.5. The average molecular weight is 304 g/mol. The second kappa shape index (κ2) is 6.77. The minimum atomic E-state index is -0.415. The predicted molar refractivity (Wildman–Crippen MR) is 83.6 cm³/mol. The minimum Gasteiger partial charge on any atom is -0.392 e. The molecule has 2 heterocycles. The molecule has 0 spiro atoms. The summed E-state index contributed by atoms with van der Waals surface area (Å²) in [6.45, 7) is 2.57. The molecule has 5 nitrogen and oxygen atoms in total. The lowest BCUT2D eigenvalue weighted by molar-refractivity contribution is -0.123. The Morgan fingerprint density at radius 1 is 1.32 bits per heavy atom. The van der Waals surface area contributed by atoms with Crippen LogP contribution in [0.15, 0.2) is 30.3 Å². The molecule has 2 fully saturated rings. The second-order valence-corrected chi connectivity index (χ2v) is 6.33. The van der Waals surface area contributed by atoms with Crippen LogP contribution < -0.4 is 10.6 Å². The molecule has 0 saturated carbocycles. The Labute approximate surface area is 131 Å². The van der Waals surface area contributed by atoms with E-state index in [0.717, 1.165) is 26.1 Å². The van der Waals surface area contributed by atoms with Crippen LogP contribution in [-0.2, 0) is 14.9 Å². The molecule has 0 aliphatic carbocycles. The van der Waals surface area contributed by atoms with Crippen molar-refractivity contribution in [3.8, 4) is 0 Å². The summed E-state index contributed by atoms with van der Waals surface area (Å²) in [5.41, 5.74) is 1.21. The molecule has 22 heavy (non-hydrogen) atoms. The van der Waals surface area contributed by atoms with Crippen LogP contribution in [0.1, 0.15) is 24.8 Å². The van der Waals surface area contributed by atoms with E-state index in [1.807, 2.05) is 18.2 Å². The zero-order valence-corrected chi connectivity index (χ0v) is 12.8. The van der Waals surface area contributed by atoms with Crippen molar-refractivity contribution in [2.75, 3.05) is 26.3 Å². The highest BCUT2D eigenvalue weighted by molar-refractivity contribution is 5.82. The fraction of sp³-hybridized carbons (Fsp3) is 0.588. The van der Waals surface area contributed by atoms with Gasteiger partial charge in [-0.3, -0.25) is 4.79 Å². The number of benzene rings is 1. The van der Waals surface area contributed by atoms with E-state index in [0.29, 0.717) is 19.5 Å². The van der Waals surface area contributed by atoms with Crippen LogP contribution in [-0.4, -0.2) is 49.5 Å². The molecule has 1 aromatic carbocycles. The lowest BCUT2D eigenvalue weighted by atomic mass is 9.74. The quantitative estimate of drug-likeness (QED) is 0.761. The van der Waals surface area contributed by atoms with Gasteiger partial charge in [0.05, 0.1) is 12.1 Å². The molecule has 2 saturated heterocycles. The van der Waals surface area contributed by atoms with Crippen LogP contribution in [0.5, 0.6) is 0 Å². The van der Waals surface area contributed by atoms with Gasteiger partial charge in [-0.05, 0) is 24.8 Å². The van der Waals surface area contributed by atoms with Crippen molar-refractivity contribution < 1.29 is 14.6 Å². The van der Waals surface area contributed by atoms with E-state index in [1.165, 1.54) is 5.56 Å². The largest absolute Gasteiger partial charge is 0.392 e. The second-order valence-electron chi connectivity index (χ2n) is 6.33. The first-order chi connectivity index (χ1) is 10.7. The summed E-state index contributed by atoms with van der Waals surface area (Å²) < 4.78 is 5.51. The Balaban J connectivity index is 1.67. The summed E-state index contributed by atoms with van der Waals surface area (Å²) >= 11 is 0. The molecule has 1 amide bonds. The summed E-state index contributed by atoms with van der Waals surface area (Å²) in [6, 6.07) is 10.1. The fourth-order valence-electron chi connectivity index (χ4n) is 3.42. The third-order valence-corrected chi connectivity index (χ3v) is 4.86. The van der Waals surface area contributed by atoms with E-state index in [9.17, 15) is 9.90 Å². The minimum absolute atomic E-state index is 0.0154. The molecular weight excluding hydrogens is 280 g/mol. The first kappa shape index (κ1) is 15.5. The Morgan fingerprint density at radius 3 is 2.68 bits per heavy atom. The Kier molecular flexibility index (Phi) is 4.76. The van der Waals surface area contributed by atoms with Crippen LogP contribution >= 0.6 is 0 Å². The van der Waals surface area contributed by atoms with E-state index in [4.69, 9.17) is 4.74 Å². The lowest BCUT2D eigenvalue weighted by Crippen LogP contribution is -2.48. The van der Waals surface area contributed by atoms with E-state index in [-0.39, 0.29) is 17.4 Å². The fourth-order valence-corrected chi connectivity index (χ4v) is 3.42. The average Bonchev–Trinajstić information content (AvgIpc) is 3.01. The van der Waals surface area contributed by atoms with Gasteiger partial charge < -0.3 is 20.5 Å². The van der Waals surface area contributed by atoms with Crippen LogP contribution in [0.4, 0.5) is 0 Å². The number of aliphatic hydroxyl groups excluding tert-OH is 1. The van der Waals surface area contributed by atoms with Crippen LogP contribution in [0.3, 0.4) is 0 Å². The molecule has 0 unspecified atom stereocenters. The molecular formula is C17H24N2O3. The molecule has 2 aliphatic heterocycles. The Morgan fingerprint density at radius 2 is 2.05 bits per heavy atom. The van der Waals surface area contributed by atoms with E-state index >= 15 is 0 Å². The molecule has 1 aromatic rings. The van der Waals surface area contributed by atoms with Gasteiger partial charge in [-0.25, -0.2) is 0 Å². The van der Waals surface area contributed by atoms with Crippen molar-refractivity contribution >= 4 is 5.91 Å². The summed E-state index contributed by atoms with van der Waals surface area (Å²) in [4.78, 5) is 12.3. The molecule has 2 atom stereocenters. The van der Waals surface area contributed by atoms with E-state index in [2.05, 4.69) is 22.8 Å². The monoisotopic (exact) mass is 304 g/mol. The van der Waals surface area contributed by atoms with Gasteiger partial charge in [0, 0.05) is 31.7 Å². The standard InChI is InChI=1S/C17H24N2O3/c20-14-10-15(18-11-14)16(21)19-12-17(6-8-22-9-7-17)13-4-2-1-3-5-13/h1-5,14-15,18,20H,6-12H2,(H,19,21)/t14-,15+/m0/s1. The first-order valence-electron chi connectivity index (χ1n) is 8.02. The van der Waals surface area contributed by atoms with Gasteiger partial charge in [0.2, 0.25) is 5.91 Å². The van der Waals surface area contributed by atoms with Gasteiger partial charge in [0.1, 0.15) is 0 Å². The van der Waals surface area contributed by atoms with Gasteiger partial charge in [0.15, 0.2) is 0 Å². The lowest BCUT2D eigenvalue weighted by Gasteiger charge is -2.38. The predicted octanol–water partition coefficient (Wildman–Crippen LogP) is 0.574. The third-order valence-electron chi connectivity index (χ3n) is 4.86. The molecule has 120 valence electrons. The summed E-state index contributed by atoms with van der Waals surface area (Å²) in [5.74, 6) is -0.0154. The van der Waals surface area contributed by atoms with E-state index < -0.39 is 6.10 Å².